The molecule has 4 rings (SSSR count). The first-order valence-electron chi connectivity index (χ1n) is 10.7. The summed E-state index contributed by atoms with van der Waals surface area (Å²) in [7, 11) is 0. The SMILES string of the molecule is CC[C@H](c1ccc(-c2cnc(C3CC3)cn2)cc1C)[C@H]1O[C@H](CO)[C@@H](O)[C@H](O)[C@@H]1O. The number of hydrogen-bond donors (Lipinski definition) is 4. The van der Waals surface area contributed by atoms with Crippen molar-refractivity contribution < 1.29 is 25.2 Å². The first-order chi connectivity index (χ1) is 14.4. The van der Waals surface area contributed by atoms with Crippen molar-refractivity contribution >= 4 is 0 Å². The third kappa shape index (κ3) is 4.00. The molecule has 162 valence electrons. The lowest BCUT2D eigenvalue weighted by atomic mass is 9.81. The average molecular weight is 415 g/mol. The van der Waals surface area contributed by atoms with E-state index in [1.165, 1.54) is 12.8 Å². The van der Waals surface area contributed by atoms with Gasteiger partial charge in [-0.25, -0.2) is 0 Å². The fourth-order valence-electron chi connectivity index (χ4n) is 4.42. The van der Waals surface area contributed by atoms with Crippen LogP contribution in [0.2, 0.25) is 0 Å². The highest BCUT2D eigenvalue weighted by molar-refractivity contribution is 5.60. The van der Waals surface area contributed by atoms with E-state index in [0.717, 1.165) is 28.1 Å². The predicted octanol–water partition coefficient (Wildman–Crippen LogP) is 1.67. The number of benzene rings is 1. The summed E-state index contributed by atoms with van der Waals surface area (Å²) in [5.41, 5.74) is 4.85. The summed E-state index contributed by atoms with van der Waals surface area (Å²) < 4.78 is 5.82. The summed E-state index contributed by atoms with van der Waals surface area (Å²) in [5.74, 6) is 0.369. The van der Waals surface area contributed by atoms with Crippen molar-refractivity contribution in [2.45, 2.75) is 75.5 Å². The predicted molar refractivity (Wildman–Crippen MR) is 111 cm³/mol. The Morgan fingerprint density at radius 2 is 1.83 bits per heavy atom. The number of aromatic nitrogens is 2. The molecule has 7 nitrogen and oxygen atoms in total. The van der Waals surface area contributed by atoms with Crippen LogP contribution in [0.1, 0.15) is 54.8 Å². The molecule has 7 heteroatoms. The van der Waals surface area contributed by atoms with Crippen LogP contribution in [-0.2, 0) is 4.74 Å². The Kier molecular flexibility index (Phi) is 6.18. The molecule has 2 fully saturated rings. The molecule has 2 aromatic rings. The minimum absolute atomic E-state index is 0.200. The van der Waals surface area contributed by atoms with E-state index < -0.39 is 37.1 Å². The van der Waals surface area contributed by atoms with E-state index in [-0.39, 0.29) is 5.92 Å². The van der Waals surface area contributed by atoms with Crippen LogP contribution >= 0.6 is 0 Å². The van der Waals surface area contributed by atoms with E-state index in [2.05, 4.69) is 9.97 Å². The topological polar surface area (TPSA) is 116 Å². The number of ether oxygens (including phenoxy) is 1. The minimum atomic E-state index is -1.37. The van der Waals surface area contributed by atoms with Crippen molar-refractivity contribution in [1.82, 2.24) is 9.97 Å². The smallest absolute Gasteiger partial charge is 0.111 e. The highest BCUT2D eigenvalue weighted by atomic mass is 16.5. The number of hydrogen-bond acceptors (Lipinski definition) is 7. The van der Waals surface area contributed by atoms with Crippen LogP contribution in [-0.4, -0.2) is 67.5 Å². The summed E-state index contributed by atoms with van der Waals surface area (Å²) in [6, 6.07) is 6.02. The molecule has 1 saturated carbocycles. The standard InChI is InChI=1S/C23H30N2O5/c1-3-15(23-22(29)21(28)20(27)19(11-26)30-23)16-7-6-14(8-12(16)2)18-10-24-17(9-25-18)13-4-5-13/h6-10,13,15,19-23,26-29H,3-5,11H2,1-2H3/t15-,19-,20-,21+,22+,23-/m1/s1. The second-order valence-electron chi connectivity index (χ2n) is 8.48. The third-order valence-electron chi connectivity index (χ3n) is 6.40. The van der Waals surface area contributed by atoms with Gasteiger partial charge in [0.15, 0.2) is 0 Å². The number of nitrogens with zero attached hydrogens (tertiary/aromatic N) is 2. The van der Waals surface area contributed by atoms with E-state index in [4.69, 9.17) is 4.74 Å². The normalized spacial score (nSPS) is 30.3. The summed E-state index contributed by atoms with van der Waals surface area (Å²) in [6.07, 6.45) is 1.14. The number of aryl methyl sites for hydroxylation is 1. The van der Waals surface area contributed by atoms with Gasteiger partial charge >= 0.3 is 0 Å². The molecule has 1 aliphatic carbocycles. The lowest BCUT2D eigenvalue weighted by molar-refractivity contribution is -0.234. The van der Waals surface area contributed by atoms with Crippen molar-refractivity contribution in [3.05, 3.63) is 47.4 Å². The Balaban J connectivity index is 1.58. The Hall–Kier alpha value is -1.90. The van der Waals surface area contributed by atoms with Gasteiger partial charge in [0.1, 0.15) is 24.4 Å². The van der Waals surface area contributed by atoms with E-state index in [9.17, 15) is 20.4 Å². The highest BCUT2D eigenvalue weighted by Crippen LogP contribution is 2.39. The molecular formula is C23H30N2O5. The molecule has 0 spiro atoms. The lowest BCUT2D eigenvalue weighted by Crippen LogP contribution is -2.59. The van der Waals surface area contributed by atoms with Crippen LogP contribution in [0.15, 0.2) is 30.6 Å². The molecule has 1 saturated heterocycles. The summed E-state index contributed by atoms with van der Waals surface area (Å²) in [6.45, 7) is 3.56. The molecule has 4 N–H and O–H groups in total. The van der Waals surface area contributed by atoms with Gasteiger partial charge in [-0.3, -0.25) is 9.97 Å². The van der Waals surface area contributed by atoms with Crippen molar-refractivity contribution in [2.24, 2.45) is 0 Å². The van der Waals surface area contributed by atoms with Gasteiger partial charge < -0.3 is 25.2 Å². The van der Waals surface area contributed by atoms with Crippen LogP contribution in [0.5, 0.6) is 0 Å². The van der Waals surface area contributed by atoms with Crippen LogP contribution in [0, 0.1) is 6.92 Å². The van der Waals surface area contributed by atoms with E-state index in [0.29, 0.717) is 12.3 Å². The van der Waals surface area contributed by atoms with Crippen LogP contribution < -0.4 is 0 Å². The van der Waals surface area contributed by atoms with Crippen LogP contribution in [0.3, 0.4) is 0 Å². The molecule has 6 atom stereocenters. The quantitative estimate of drug-likeness (QED) is 0.568. The maximum absolute atomic E-state index is 10.5. The molecule has 1 aromatic carbocycles. The lowest BCUT2D eigenvalue weighted by Gasteiger charge is -2.43. The van der Waals surface area contributed by atoms with Gasteiger partial charge in [-0.15, -0.1) is 0 Å². The molecule has 0 unspecified atom stereocenters. The fourth-order valence-corrected chi connectivity index (χ4v) is 4.42. The van der Waals surface area contributed by atoms with E-state index in [1.54, 1.807) is 0 Å². The van der Waals surface area contributed by atoms with Crippen molar-refractivity contribution in [2.75, 3.05) is 6.61 Å². The summed E-state index contributed by atoms with van der Waals surface area (Å²) in [5, 5.41) is 40.3. The third-order valence-corrected chi connectivity index (χ3v) is 6.40. The molecule has 1 aliphatic heterocycles. The molecule has 30 heavy (non-hydrogen) atoms. The highest BCUT2D eigenvalue weighted by Gasteiger charge is 2.46. The van der Waals surface area contributed by atoms with Gasteiger partial charge in [-0.05, 0) is 43.4 Å². The largest absolute Gasteiger partial charge is 0.394 e. The second kappa shape index (κ2) is 8.69. The monoisotopic (exact) mass is 414 g/mol. The Labute approximate surface area is 176 Å². The van der Waals surface area contributed by atoms with Crippen molar-refractivity contribution in [3.63, 3.8) is 0 Å². The molecule has 1 aromatic heterocycles. The number of aliphatic hydroxyl groups is 4. The van der Waals surface area contributed by atoms with Gasteiger partial charge in [0.05, 0.1) is 30.3 Å². The maximum atomic E-state index is 10.5. The van der Waals surface area contributed by atoms with Crippen molar-refractivity contribution in [1.29, 1.82) is 0 Å². The van der Waals surface area contributed by atoms with Gasteiger partial charge in [0.2, 0.25) is 0 Å². The average Bonchev–Trinajstić information content (AvgIpc) is 3.60. The molecular weight excluding hydrogens is 384 g/mol. The molecule has 0 bridgehead atoms. The zero-order valence-electron chi connectivity index (χ0n) is 17.3. The Bertz CT molecular complexity index is 868. The van der Waals surface area contributed by atoms with Crippen molar-refractivity contribution in [3.8, 4) is 11.3 Å². The molecule has 0 radical (unpaired) electrons. The van der Waals surface area contributed by atoms with E-state index >= 15 is 0 Å². The number of aliphatic hydroxyl groups excluding tert-OH is 4. The summed E-state index contributed by atoms with van der Waals surface area (Å²) >= 11 is 0. The minimum Gasteiger partial charge on any atom is -0.394 e. The zero-order valence-corrected chi connectivity index (χ0v) is 17.3. The molecule has 2 heterocycles. The van der Waals surface area contributed by atoms with Crippen LogP contribution in [0.4, 0.5) is 0 Å². The second-order valence-corrected chi connectivity index (χ2v) is 8.48. The van der Waals surface area contributed by atoms with Crippen LogP contribution in [0.25, 0.3) is 11.3 Å². The van der Waals surface area contributed by atoms with Gasteiger partial charge in [-0.2, -0.15) is 0 Å². The fraction of sp³-hybridized carbons (Fsp3) is 0.565. The Morgan fingerprint density at radius 1 is 1.07 bits per heavy atom. The van der Waals surface area contributed by atoms with Gasteiger partial charge in [-0.1, -0.05) is 19.1 Å². The first kappa shape index (κ1) is 21.3. The molecule has 0 amide bonds. The first-order valence-corrected chi connectivity index (χ1v) is 10.7. The zero-order chi connectivity index (χ0) is 21.4. The maximum Gasteiger partial charge on any atom is 0.111 e. The Morgan fingerprint density at radius 3 is 2.40 bits per heavy atom. The van der Waals surface area contributed by atoms with Gasteiger partial charge in [0, 0.05) is 23.6 Å². The molecule has 2 aliphatic rings. The van der Waals surface area contributed by atoms with E-state index in [1.807, 2.05) is 44.4 Å². The summed E-state index contributed by atoms with van der Waals surface area (Å²) in [4.78, 5) is 9.12. The number of rotatable bonds is 6. The van der Waals surface area contributed by atoms with Gasteiger partial charge in [0.25, 0.3) is 0 Å².